The van der Waals surface area contributed by atoms with Crippen LogP contribution in [0, 0.1) is 5.92 Å². The lowest BCUT2D eigenvalue weighted by Gasteiger charge is -2.10. The molecule has 1 aromatic carbocycles. The Morgan fingerprint density at radius 2 is 2.20 bits per heavy atom. The number of pyridine rings is 1. The molecule has 0 spiro atoms. The Balaban J connectivity index is 2.16. The van der Waals surface area contributed by atoms with Gasteiger partial charge in [0.1, 0.15) is 11.6 Å². The zero-order valence-corrected chi connectivity index (χ0v) is 12.6. The van der Waals surface area contributed by atoms with E-state index in [1.165, 1.54) is 0 Å². The van der Waals surface area contributed by atoms with Gasteiger partial charge in [-0.05, 0) is 29.9 Å². The summed E-state index contributed by atoms with van der Waals surface area (Å²) < 4.78 is 5.19. The standard InChI is InChI=1S/C15H20N2O2S/c1-10(7-18)8-20-9-12-5-11-3-4-13(19-2)6-14(11)17-15(12)16/h3-6,10,18H,7-9H2,1-2H3,(H2,16,17). The van der Waals surface area contributed by atoms with Crippen molar-refractivity contribution in [1.82, 2.24) is 4.98 Å². The van der Waals surface area contributed by atoms with Gasteiger partial charge in [-0.15, -0.1) is 0 Å². The van der Waals surface area contributed by atoms with Crippen molar-refractivity contribution in [3.63, 3.8) is 0 Å². The zero-order valence-electron chi connectivity index (χ0n) is 11.8. The van der Waals surface area contributed by atoms with Crippen LogP contribution in [0.15, 0.2) is 24.3 Å². The lowest BCUT2D eigenvalue weighted by atomic mass is 10.1. The number of thioether (sulfide) groups is 1. The molecule has 1 atom stereocenters. The summed E-state index contributed by atoms with van der Waals surface area (Å²) in [5.74, 6) is 3.37. The second-order valence-corrected chi connectivity index (χ2v) is 5.92. The number of nitrogen functional groups attached to an aromatic ring is 1. The van der Waals surface area contributed by atoms with Crippen LogP contribution in [0.5, 0.6) is 5.75 Å². The molecule has 0 saturated heterocycles. The predicted molar refractivity (Wildman–Crippen MR) is 85.1 cm³/mol. The number of benzene rings is 1. The maximum Gasteiger partial charge on any atom is 0.128 e. The number of rotatable bonds is 6. The first-order valence-corrected chi connectivity index (χ1v) is 7.71. The van der Waals surface area contributed by atoms with E-state index in [1.807, 2.05) is 25.1 Å². The number of aliphatic hydroxyl groups is 1. The SMILES string of the molecule is COc1ccc2cc(CSCC(C)CO)c(N)nc2c1. The van der Waals surface area contributed by atoms with Gasteiger partial charge >= 0.3 is 0 Å². The van der Waals surface area contributed by atoms with E-state index >= 15 is 0 Å². The fraction of sp³-hybridized carbons (Fsp3) is 0.400. The van der Waals surface area contributed by atoms with Gasteiger partial charge in [0.25, 0.3) is 0 Å². The van der Waals surface area contributed by atoms with Crippen molar-refractivity contribution >= 4 is 28.5 Å². The Morgan fingerprint density at radius 3 is 2.90 bits per heavy atom. The highest BCUT2D eigenvalue weighted by molar-refractivity contribution is 7.98. The molecule has 4 nitrogen and oxygen atoms in total. The summed E-state index contributed by atoms with van der Waals surface area (Å²) in [5.41, 5.74) is 7.90. The maximum atomic E-state index is 9.02. The number of anilines is 1. The van der Waals surface area contributed by atoms with Gasteiger partial charge in [-0.1, -0.05) is 6.92 Å². The van der Waals surface area contributed by atoms with Crippen LogP contribution in [-0.2, 0) is 5.75 Å². The lowest BCUT2D eigenvalue weighted by molar-refractivity contribution is 0.250. The molecule has 0 aliphatic rings. The first-order chi connectivity index (χ1) is 9.63. The molecular formula is C15H20N2O2S. The van der Waals surface area contributed by atoms with Crippen molar-refractivity contribution in [3.8, 4) is 5.75 Å². The van der Waals surface area contributed by atoms with Crippen molar-refractivity contribution in [2.75, 3.05) is 25.2 Å². The molecule has 0 aliphatic heterocycles. The van der Waals surface area contributed by atoms with Crippen LogP contribution in [0.25, 0.3) is 10.9 Å². The Morgan fingerprint density at radius 1 is 1.40 bits per heavy atom. The molecule has 1 heterocycles. The molecule has 0 radical (unpaired) electrons. The van der Waals surface area contributed by atoms with Crippen molar-refractivity contribution in [2.45, 2.75) is 12.7 Å². The van der Waals surface area contributed by atoms with E-state index in [0.717, 1.165) is 33.7 Å². The van der Waals surface area contributed by atoms with Crippen molar-refractivity contribution in [2.24, 2.45) is 5.92 Å². The van der Waals surface area contributed by atoms with Gasteiger partial charge in [-0.25, -0.2) is 4.98 Å². The highest BCUT2D eigenvalue weighted by Gasteiger charge is 2.07. The van der Waals surface area contributed by atoms with Crippen LogP contribution >= 0.6 is 11.8 Å². The summed E-state index contributed by atoms with van der Waals surface area (Å²) in [7, 11) is 1.64. The highest BCUT2D eigenvalue weighted by atomic mass is 32.2. The number of nitrogens with two attached hydrogens (primary N) is 1. The van der Waals surface area contributed by atoms with Crippen LogP contribution in [0.3, 0.4) is 0 Å². The van der Waals surface area contributed by atoms with Crippen LogP contribution in [0.4, 0.5) is 5.82 Å². The average molecular weight is 292 g/mol. The Bertz CT molecular complexity index is 589. The van der Waals surface area contributed by atoms with E-state index in [1.54, 1.807) is 18.9 Å². The molecule has 1 aromatic heterocycles. The maximum absolute atomic E-state index is 9.02. The summed E-state index contributed by atoms with van der Waals surface area (Å²) in [6, 6.07) is 7.88. The molecule has 2 rings (SSSR count). The molecule has 3 N–H and O–H groups in total. The number of aromatic nitrogens is 1. The first kappa shape index (κ1) is 14.9. The van der Waals surface area contributed by atoms with Crippen molar-refractivity contribution < 1.29 is 9.84 Å². The highest BCUT2D eigenvalue weighted by Crippen LogP contribution is 2.25. The molecule has 5 heteroatoms. The smallest absolute Gasteiger partial charge is 0.128 e. The molecule has 0 bridgehead atoms. The number of aliphatic hydroxyl groups excluding tert-OH is 1. The number of ether oxygens (including phenoxy) is 1. The van der Waals surface area contributed by atoms with Gasteiger partial charge in [0.15, 0.2) is 0 Å². The minimum absolute atomic E-state index is 0.220. The monoisotopic (exact) mass is 292 g/mol. The molecule has 0 amide bonds. The topological polar surface area (TPSA) is 68.4 Å². The Hall–Kier alpha value is -1.46. The number of nitrogens with zero attached hydrogens (tertiary/aromatic N) is 1. The summed E-state index contributed by atoms with van der Waals surface area (Å²) in [6.07, 6.45) is 0. The molecule has 1 unspecified atom stereocenters. The van der Waals surface area contributed by atoms with E-state index in [4.69, 9.17) is 15.6 Å². The van der Waals surface area contributed by atoms with E-state index in [-0.39, 0.29) is 6.61 Å². The molecule has 0 saturated carbocycles. The summed E-state index contributed by atoms with van der Waals surface area (Å²) in [5, 5.41) is 10.1. The molecule has 0 fully saturated rings. The fourth-order valence-electron chi connectivity index (χ4n) is 1.87. The molecule has 0 aliphatic carbocycles. The second-order valence-electron chi connectivity index (χ2n) is 4.89. The molecular weight excluding hydrogens is 272 g/mol. The zero-order chi connectivity index (χ0) is 14.5. The largest absolute Gasteiger partial charge is 0.497 e. The molecule has 20 heavy (non-hydrogen) atoms. The third-order valence-electron chi connectivity index (χ3n) is 3.11. The van der Waals surface area contributed by atoms with E-state index < -0.39 is 0 Å². The quantitative estimate of drug-likeness (QED) is 0.856. The van der Waals surface area contributed by atoms with Crippen molar-refractivity contribution in [1.29, 1.82) is 0 Å². The summed E-state index contributed by atoms with van der Waals surface area (Å²) >= 11 is 1.76. The normalized spacial score (nSPS) is 12.6. The number of hydrogen-bond acceptors (Lipinski definition) is 5. The summed E-state index contributed by atoms with van der Waals surface area (Å²) in [4.78, 5) is 4.44. The van der Waals surface area contributed by atoms with Gasteiger partial charge in [0.05, 0.1) is 12.6 Å². The number of fused-ring (bicyclic) bond motifs is 1. The lowest BCUT2D eigenvalue weighted by Crippen LogP contribution is -2.04. The van der Waals surface area contributed by atoms with E-state index in [0.29, 0.717) is 11.7 Å². The van der Waals surface area contributed by atoms with Crippen LogP contribution in [0.1, 0.15) is 12.5 Å². The van der Waals surface area contributed by atoms with E-state index in [9.17, 15) is 0 Å². The fourth-order valence-corrected chi connectivity index (χ4v) is 2.95. The van der Waals surface area contributed by atoms with Gasteiger partial charge in [-0.3, -0.25) is 0 Å². The third-order valence-corrected chi connectivity index (χ3v) is 4.43. The minimum Gasteiger partial charge on any atom is -0.497 e. The Labute approximate surface area is 123 Å². The third kappa shape index (κ3) is 3.55. The molecule has 108 valence electrons. The first-order valence-electron chi connectivity index (χ1n) is 6.55. The number of hydrogen-bond donors (Lipinski definition) is 2. The second kappa shape index (κ2) is 6.81. The average Bonchev–Trinajstić information content (AvgIpc) is 2.46. The minimum atomic E-state index is 0.220. The van der Waals surface area contributed by atoms with Gasteiger partial charge in [0, 0.05) is 29.4 Å². The van der Waals surface area contributed by atoms with Crippen LogP contribution < -0.4 is 10.5 Å². The number of methoxy groups -OCH3 is 1. The van der Waals surface area contributed by atoms with Gasteiger partial charge in [0.2, 0.25) is 0 Å². The molecule has 2 aromatic rings. The van der Waals surface area contributed by atoms with Crippen molar-refractivity contribution in [3.05, 3.63) is 29.8 Å². The van der Waals surface area contributed by atoms with Crippen LogP contribution in [0.2, 0.25) is 0 Å². The van der Waals surface area contributed by atoms with E-state index in [2.05, 4.69) is 11.1 Å². The van der Waals surface area contributed by atoms with Gasteiger partial charge < -0.3 is 15.6 Å². The van der Waals surface area contributed by atoms with Crippen LogP contribution in [-0.4, -0.2) is 29.6 Å². The Kier molecular flexibility index (Phi) is 5.09. The van der Waals surface area contributed by atoms with Gasteiger partial charge in [-0.2, -0.15) is 11.8 Å². The summed E-state index contributed by atoms with van der Waals surface area (Å²) in [6.45, 7) is 2.25. The predicted octanol–water partition coefficient (Wildman–Crippen LogP) is 2.69.